The van der Waals surface area contributed by atoms with Gasteiger partial charge in [0.2, 0.25) is 5.91 Å². The predicted octanol–water partition coefficient (Wildman–Crippen LogP) is 0.619. The first kappa shape index (κ1) is 13.3. The van der Waals surface area contributed by atoms with Gasteiger partial charge in [-0.3, -0.25) is 4.79 Å². The molecule has 0 fully saturated rings. The Morgan fingerprint density at radius 2 is 2.22 bits per heavy atom. The molecule has 18 heavy (non-hydrogen) atoms. The zero-order chi connectivity index (χ0) is 13.4. The number of nitriles is 2. The summed E-state index contributed by atoms with van der Waals surface area (Å²) in [4.78, 5) is 11.3. The van der Waals surface area contributed by atoms with Gasteiger partial charge < -0.3 is 15.4 Å². The summed E-state index contributed by atoms with van der Waals surface area (Å²) in [6.07, 6.45) is 0. The molecule has 92 valence electrons. The van der Waals surface area contributed by atoms with Crippen LogP contribution in [0.2, 0.25) is 0 Å². The first-order chi connectivity index (χ1) is 8.72. The summed E-state index contributed by atoms with van der Waals surface area (Å²) in [5, 5.41) is 22.5. The van der Waals surface area contributed by atoms with Gasteiger partial charge in [0.25, 0.3) is 0 Å². The number of rotatable bonds is 5. The number of hydrogen-bond acceptors (Lipinski definition) is 5. The van der Waals surface area contributed by atoms with E-state index in [1.54, 1.807) is 24.3 Å². The van der Waals surface area contributed by atoms with E-state index >= 15 is 0 Å². The van der Waals surface area contributed by atoms with Crippen LogP contribution in [0.1, 0.15) is 5.56 Å². The number of hydrogen-bond donors (Lipinski definition) is 2. The molecule has 6 nitrogen and oxygen atoms in total. The van der Waals surface area contributed by atoms with Gasteiger partial charge in [-0.2, -0.15) is 10.5 Å². The van der Waals surface area contributed by atoms with Crippen LogP contribution in [-0.2, 0) is 4.79 Å². The molecule has 0 aliphatic carbocycles. The zero-order valence-corrected chi connectivity index (χ0v) is 9.86. The molecule has 0 saturated carbocycles. The highest BCUT2D eigenvalue weighted by molar-refractivity contribution is 5.82. The zero-order valence-electron chi connectivity index (χ0n) is 9.86. The van der Waals surface area contributed by atoms with E-state index in [4.69, 9.17) is 15.3 Å². The lowest BCUT2D eigenvalue weighted by atomic mass is 10.2. The normalized spacial score (nSPS) is 8.83. The molecule has 0 radical (unpaired) electrons. The van der Waals surface area contributed by atoms with E-state index in [-0.39, 0.29) is 19.0 Å². The van der Waals surface area contributed by atoms with Crippen molar-refractivity contribution in [3.8, 4) is 17.9 Å². The summed E-state index contributed by atoms with van der Waals surface area (Å²) in [7, 11) is 1.48. The summed E-state index contributed by atoms with van der Waals surface area (Å²) >= 11 is 0. The quantitative estimate of drug-likeness (QED) is 0.740. The molecule has 0 spiro atoms. The molecule has 0 aliphatic rings. The van der Waals surface area contributed by atoms with Gasteiger partial charge in [0.15, 0.2) is 0 Å². The van der Waals surface area contributed by atoms with Gasteiger partial charge >= 0.3 is 0 Å². The Kier molecular flexibility index (Phi) is 5.01. The van der Waals surface area contributed by atoms with Crippen molar-refractivity contribution in [1.29, 1.82) is 10.5 Å². The molecule has 0 saturated heterocycles. The predicted molar refractivity (Wildman–Crippen MR) is 64.8 cm³/mol. The molecular weight excluding hydrogens is 232 g/mol. The van der Waals surface area contributed by atoms with E-state index in [0.29, 0.717) is 17.0 Å². The highest BCUT2D eigenvalue weighted by atomic mass is 16.5. The van der Waals surface area contributed by atoms with Crippen molar-refractivity contribution in [2.75, 3.05) is 25.5 Å². The van der Waals surface area contributed by atoms with E-state index < -0.39 is 0 Å². The summed E-state index contributed by atoms with van der Waals surface area (Å²) in [6, 6.07) is 8.82. The smallest absolute Gasteiger partial charge is 0.240 e. The molecule has 1 aromatic rings. The molecule has 2 N–H and O–H groups in total. The van der Waals surface area contributed by atoms with Crippen LogP contribution < -0.4 is 15.4 Å². The molecule has 0 bridgehead atoms. The second-order valence-corrected chi connectivity index (χ2v) is 3.28. The summed E-state index contributed by atoms with van der Waals surface area (Å²) < 4.78 is 5.10. The van der Waals surface area contributed by atoms with Gasteiger partial charge in [-0.1, -0.05) is 6.07 Å². The summed E-state index contributed by atoms with van der Waals surface area (Å²) in [5.74, 6) is 0.161. The molecule has 0 heterocycles. The lowest BCUT2D eigenvalue weighted by molar-refractivity contribution is -0.119. The minimum Gasteiger partial charge on any atom is -0.495 e. The SMILES string of the molecule is COc1cccc(C#N)c1NCC(=O)NCC#N. The van der Waals surface area contributed by atoms with Gasteiger partial charge in [0.05, 0.1) is 31.0 Å². The Hall–Kier alpha value is -2.73. The standard InChI is InChI=1S/C12H12N4O2/c1-18-10-4-2-3-9(7-14)12(10)16-8-11(17)15-6-5-13/h2-4,16H,6,8H2,1H3,(H,15,17). The van der Waals surface area contributed by atoms with Gasteiger partial charge in [-0.25, -0.2) is 0 Å². The minimum absolute atomic E-state index is 0.0310. The van der Waals surface area contributed by atoms with Crippen molar-refractivity contribution in [2.24, 2.45) is 0 Å². The van der Waals surface area contributed by atoms with Crippen molar-refractivity contribution in [3.05, 3.63) is 23.8 Å². The number of methoxy groups -OCH3 is 1. The fourth-order valence-electron chi connectivity index (χ4n) is 1.35. The number of ether oxygens (including phenoxy) is 1. The van der Waals surface area contributed by atoms with Gasteiger partial charge in [0.1, 0.15) is 18.4 Å². The molecule has 0 atom stereocenters. The molecule has 1 amide bonds. The maximum Gasteiger partial charge on any atom is 0.240 e. The fourth-order valence-corrected chi connectivity index (χ4v) is 1.35. The van der Waals surface area contributed by atoms with E-state index in [1.165, 1.54) is 7.11 Å². The second-order valence-electron chi connectivity index (χ2n) is 3.28. The van der Waals surface area contributed by atoms with Crippen LogP contribution in [0.5, 0.6) is 5.75 Å². The Morgan fingerprint density at radius 3 is 2.83 bits per heavy atom. The van der Waals surface area contributed by atoms with Crippen LogP contribution in [0.3, 0.4) is 0 Å². The molecule has 6 heteroatoms. The number of carbonyl (C=O) groups excluding carboxylic acids is 1. The molecule has 0 aliphatic heterocycles. The topological polar surface area (TPSA) is 97.9 Å². The van der Waals surface area contributed by atoms with Crippen LogP contribution in [0.15, 0.2) is 18.2 Å². The largest absolute Gasteiger partial charge is 0.495 e. The highest BCUT2D eigenvalue weighted by Gasteiger charge is 2.09. The second kappa shape index (κ2) is 6.77. The average molecular weight is 244 g/mol. The first-order valence-electron chi connectivity index (χ1n) is 5.17. The van der Waals surface area contributed by atoms with E-state index in [9.17, 15) is 4.79 Å². The third-order valence-corrected chi connectivity index (χ3v) is 2.16. The summed E-state index contributed by atoms with van der Waals surface area (Å²) in [5.41, 5.74) is 0.858. The molecule has 1 rings (SSSR count). The maximum absolute atomic E-state index is 11.3. The number of nitrogens with one attached hydrogen (secondary N) is 2. The van der Waals surface area contributed by atoms with Crippen LogP contribution in [0, 0.1) is 22.7 Å². The Morgan fingerprint density at radius 1 is 1.44 bits per heavy atom. The van der Waals surface area contributed by atoms with Crippen molar-refractivity contribution >= 4 is 11.6 Å². The monoisotopic (exact) mass is 244 g/mol. The van der Waals surface area contributed by atoms with Crippen LogP contribution in [0.25, 0.3) is 0 Å². The maximum atomic E-state index is 11.3. The van der Waals surface area contributed by atoms with Crippen LogP contribution in [-0.4, -0.2) is 26.1 Å². The number of benzene rings is 1. The highest BCUT2D eigenvalue weighted by Crippen LogP contribution is 2.27. The number of para-hydroxylation sites is 1. The number of amides is 1. The Labute approximate surface area is 105 Å². The van der Waals surface area contributed by atoms with Crippen LogP contribution in [0.4, 0.5) is 5.69 Å². The van der Waals surface area contributed by atoms with E-state index in [0.717, 1.165) is 0 Å². The van der Waals surface area contributed by atoms with Crippen molar-refractivity contribution in [2.45, 2.75) is 0 Å². The molecule has 1 aromatic carbocycles. The molecule has 0 unspecified atom stereocenters. The van der Waals surface area contributed by atoms with Crippen molar-refractivity contribution < 1.29 is 9.53 Å². The van der Waals surface area contributed by atoms with Gasteiger partial charge in [0, 0.05) is 0 Å². The molecular formula is C12H12N4O2. The average Bonchev–Trinajstić information content (AvgIpc) is 2.42. The van der Waals surface area contributed by atoms with E-state index in [1.807, 2.05) is 6.07 Å². The summed E-state index contributed by atoms with van der Waals surface area (Å²) in [6.45, 7) is -0.0751. The van der Waals surface area contributed by atoms with Gasteiger partial charge in [-0.15, -0.1) is 0 Å². The Bertz CT molecular complexity index is 514. The van der Waals surface area contributed by atoms with Crippen molar-refractivity contribution in [3.63, 3.8) is 0 Å². The minimum atomic E-state index is -0.327. The number of nitrogens with zero attached hydrogens (tertiary/aromatic N) is 2. The van der Waals surface area contributed by atoms with Crippen LogP contribution >= 0.6 is 0 Å². The third-order valence-electron chi connectivity index (χ3n) is 2.16. The number of anilines is 1. The van der Waals surface area contributed by atoms with E-state index in [2.05, 4.69) is 10.6 Å². The number of carbonyl (C=O) groups is 1. The van der Waals surface area contributed by atoms with Crippen molar-refractivity contribution in [1.82, 2.24) is 5.32 Å². The fraction of sp³-hybridized carbons (Fsp3) is 0.250. The molecule has 0 aromatic heterocycles. The first-order valence-corrected chi connectivity index (χ1v) is 5.17. The third kappa shape index (κ3) is 3.39. The lowest BCUT2D eigenvalue weighted by Gasteiger charge is -2.11. The lowest BCUT2D eigenvalue weighted by Crippen LogP contribution is -2.30. The Balaban J connectivity index is 2.75. The van der Waals surface area contributed by atoms with Gasteiger partial charge in [-0.05, 0) is 12.1 Å².